The first-order chi connectivity index (χ1) is 11.5. The summed E-state index contributed by atoms with van der Waals surface area (Å²) >= 11 is 0. The minimum absolute atomic E-state index is 0.102. The van der Waals surface area contributed by atoms with Gasteiger partial charge in [0.2, 0.25) is 5.91 Å². The van der Waals surface area contributed by atoms with Crippen LogP contribution in [-0.2, 0) is 11.2 Å². The second kappa shape index (κ2) is 8.15. The molecule has 0 aromatic heterocycles. The fraction of sp³-hybridized carbons (Fsp3) is 0.263. The van der Waals surface area contributed by atoms with Crippen molar-refractivity contribution >= 4 is 17.5 Å². The molecule has 2 aromatic carbocycles. The van der Waals surface area contributed by atoms with Gasteiger partial charge in [0.1, 0.15) is 5.75 Å². The van der Waals surface area contributed by atoms with E-state index in [1.165, 1.54) is 0 Å². The second-order valence-electron chi connectivity index (χ2n) is 5.41. The third kappa shape index (κ3) is 4.59. The monoisotopic (exact) mass is 326 g/mol. The molecular weight excluding hydrogens is 304 g/mol. The molecule has 5 nitrogen and oxygen atoms in total. The predicted octanol–water partition coefficient (Wildman–Crippen LogP) is 2.93. The standard InChI is InChI=1S/C19H22N2O3/c1-4-24-16-8-5-14(6-9-16)12-18(22)21-17-10-7-15(11-13(17)2)19(23)20-3/h5-11H,4,12H2,1-3H3,(H,20,23)(H,21,22). The molecule has 0 heterocycles. The zero-order chi connectivity index (χ0) is 17.5. The SMILES string of the molecule is CCOc1ccc(CC(=O)Nc2ccc(C(=O)NC)cc2C)cc1. The van der Waals surface area contributed by atoms with Gasteiger partial charge in [-0.1, -0.05) is 12.1 Å². The number of aryl methyl sites for hydroxylation is 1. The fourth-order valence-corrected chi connectivity index (χ4v) is 2.34. The summed E-state index contributed by atoms with van der Waals surface area (Å²) in [5, 5.41) is 5.46. The Bertz CT molecular complexity index is 724. The number of benzene rings is 2. The predicted molar refractivity (Wildman–Crippen MR) is 94.5 cm³/mol. The van der Waals surface area contributed by atoms with E-state index in [1.807, 2.05) is 38.1 Å². The maximum Gasteiger partial charge on any atom is 0.251 e. The number of anilines is 1. The van der Waals surface area contributed by atoms with Gasteiger partial charge in [-0.3, -0.25) is 9.59 Å². The van der Waals surface area contributed by atoms with Gasteiger partial charge in [-0.15, -0.1) is 0 Å². The van der Waals surface area contributed by atoms with Gasteiger partial charge in [-0.2, -0.15) is 0 Å². The summed E-state index contributed by atoms with van der Waals surface area (Å²) in [6, 6.07) is 12.7. The fourth-order valence-electron chi connectivity index (χ4n) is 2.34. The summed E-state index contributed by atoms with van der Waals surface area (Å²) in [4.78, 5) is 23.8. The Morgan fingerprint density at radius 1 is 1.08 bits per heavy atom. The molecule has 5 heteroatoms. The molecule has 0 aliphatic heterocycles. The molecule has 0 aliphatic carbocycles. The lowest BCUT2D eigenvalue weighted by molar-refractivity contribution is -0.115. The van der Waals surface area contributed by atoms with E-state index in [-0.39, 0.29) is 18.2 Å². The number of carbonyl (C=O) groups is 2. The van der Waals surface area contributed by atoms with Crippen molar-refractivity contribution in [3.63, 3.8) is 0 Å². The van der Waals surface area contributed by atoms with Crippen LogP contribution in [0.2, 0.25) is 0 Å². The zero-order valence-electron chi connectivity index (χ0n) is 14.2. The van der Waals surface area contributed by atoms with Crippen molar-refractivity contribution in [2.75, 3.05) is 19.0 Å². The minimum atomic E-state index is -0.148. The Morgan fingerprint density at radius 3 is 2.38 bits per heavy atom. The van der Waals surface area contributed by atoms with E-state index in [4.69, 9.17) is 4.74 Å². The first-order valence-corrected chi connectivity index (χ1v) is 7.87. The number of ether oxygens (including phenoxy) is 1. The topological polar surface area (TPSA) is 67.4 Å². The number of nitrogens with one attached hydrogen (secondary N) is 2. The van der Waals surface area contributed by atoms with Crippen molar-refractivity contribution in [2.45, 2.75) is 20.3 Å². The highest BCUT2D eigenvalue weighted by Crippen LogP contribution is 2.18. The molecule has 0 saturated heterocycles. The molecule has 0 fully saturated rings. The van der Waals surface area contributed by atoms with Crippen molar-refractivity contribution in [2.24, 2.45) is 0 Å². The molecule has 2 aromatic rings. The Kier molecular flexibility index (Phi) is 5.95. The van der Waals surface area contributed by atoms with Crippen LogP contribution in [0.5, 0.6) is 5.75 Å². The first kappa shape index (κ1) is 17.5. The van der Waals surface area contributed by atoms with E-state index in [0.717, 1.165) is 16.9 Å². The zero-order valence-corrected chi connectivity index (χ0v) is 14.2. The molecule has 2 rings (SSSR count). The van der Waals surface area contributed by atoms with Crippen LogP contribution in [0.1, 0.15) is 28.4 Å². The van der Waals surface area contributed by atoms with E-state index in [9.17, 15) is 9.59 Å². The van der Waals surface area contributed by atoms with Gasteiger partial charge in [-0.05, 0) is 55.3 Å². The number of hydrogen-bond acceptors (Lipinski definition) is 3. The Balaban J connectivity index is 2.00. The van der Waals surface area contributed by atoms with Crippen LogP contribution in [0.4, 0.5) is 5.69 Å². The van der Waals surface area contributed by atoms with Gasteiger partial charge >= 0.3 is 0 Å². The summed E-state index contributed by atoms with van der Waals surface area (Å²) in [6.45, 7) is 4.41. The lowest BCUT2D eigenvalue weighted by Crippen LogP contribution is -2.19. The van der Waals surface area contributed by atoms with E-state index >= 15 is 0 Å². The molecule has 0 bridgehead atoms. The molecule has 0 aliphatic rings. The van der Waals surface area contributed by atoms with Gasteiger partial charge < -0.3 is 15.4 Å². The van der Waals surface area contributed by atoms with Crippen LogP contribution in [-0.4, -0.2) is 25.5 Å². The quantitative estimate of drug-likeness (QED) is 0.857. The van der Waals surface area contributed by atoms with Crippen LogP contribution >= 0.6 is 0 Å². The molecule has 0 spiro atoms. The summed E-state index contributed by atoms with van der Waals surface area (Å²) in [7, 11) is 1.59. The van der Waals surface area contributed by atoms with Gasteiger partial charge in [-0.25, -0.2) is 0 Å². The second-order valence-corrected chi connectivity index (χ2v) is 5.41. The maximum atomic E-state index is 12.2. The van der Waals surface area contributed by atoms with Crippen LogP contribution in [0, 0.1) is 6.92 Å². The highest BCUT2D eigenvalue weighted by atomic mass is 16.5. The van der Waals surface area contributed by atoms with Gasteiger partial charge in [0.25, 0.3) is 5.91 Å². The van der Waals surface area contributed by atoms with Crippen molar-refractivity contribution in [1.29, 1.82) is 0 Å². The number of amides is 2. The molecule has 2 N–H and O–H groups in total. The summed E-state index contributed by atoms with van der Waals surface area (Å²) in [5.74, 6) is 0.544. The van der Waals surface area contributed by atoms with Gasteiger partial charge in [0.15, 0.2) is 0 Å². The van der Waals surface area contributed by atoms with Crippen molar-refractivity contribution in [1.82, 2.24) is 5.32 Å². The molecule has 126 valence electrons. The largest absolute Gasteiger partial charge is 0.494 e. The Morgan fingerprint density at radius 2 is 1.79 bits per heavy atom. The summed E-state index contributed by atoms with van der Waals surface area (Å²) < 4.78 is 5.38. The lowest BCUT2D eigenvalue weighted by Gasteiger charge is -2.10. The highest BCUT2D eigenvalue weighted by Gasteiger charge is 2.09. The Labute approximate surface area is 142 Å². The molecular formula is C19H22N2O3. The van der Waals surface area contributed by atoms with Crippen molar-refractivity contribution < 1.29 is 14.3 Å². The van der Waals surface area contributed by atoms with E-state index in [0.29, 0.717) is 17.9 Å². The van der Waals surface area contributed by atoms with Crippen LogP contribution in [0.15, 0.2) is 42.5 Å². The average molecular weight is 326 g/mol. The molecule has 0 radical (unpaired) electrons. The van der Waals surface area contributed by atoms with Crippen molar-refractivity contribution in [3.8, 4) is 5.75 Å². The Hall–Kier alpha value is -2.82. The normalized spacial score (nSPS) is 10.1. The highest BCUT2D eigenvalue weighted by molar-refractivity contribution is 5.96. The smallest absolute Gasteiger partial charge is 0.251 e. The molecule has 0 unspecified atom stereocenters. The molecule has 24 heavy (non-hydrogen) atoms. The molecule has 0 atom stereocenters. The van der Waals surface area contributed by atoms with Crippen LogP contribution < -0.4 is 15.4 Å². The van der Waals surface area contributed by atoms with E-state index in [2.05, 4.69) is 10.6 Å². The van der Waals surface area contributed by atoms with Gasteiger partial charge in [0, 0.05) is 18.3 Å². The first-order valence-electron chi connectivity index (χ1n) is 7.87. The molecule has 2 amide bonds. The molecule has 0 saturated carbocycles. The van der Waals surface area contributed by atoms with Gasteiger partial charge in [0.05, 0.1) is 13.0 Å². The number of hydrogen-bond donors (Lipinski definition) is 2. The van der Waals surface area contributed by atoms with E-state index < -0.39 is 0 Å². The van der Waals surface area contributed by atoms with Crippen LogP contribution in [0.25, 0.3) is 0 Å². The third-order valence-electron chi connectivity index (χ3n) is 3.59. The minimum Gasteiger partial charge on any atom is -0.494 e. The summed E-state index contributed by atoms with van der Waals surface area (Å²) in [5.41, 5.74) is 3.03. The van der Waals surface area contributed by atoms with Crippen LogP contribution in [0.3, 0.4) is 0 Å². The number of rotatable bonds is 6. The number of carbonyl (C=O) groups excluding carboxylic acids is 2. The average Bonchev–Trinajstić information content (AvgIpc) is 2.58. The lowest BCUT2D eigenvalue weighted by atomic mass is 10.1. The maximum absolute atomic E-state index is 12.2. The third-order valence-corrected chi connectivity index (χ3v) is 3.59. The van der Waals surface area contributed by atoms with E-state index in [1.54, 1.807) is 25.2 Å². The van der Waals surface area contributed by atoms with Crippen molar-refractivity contribution in [3.05, 3.63) is 59.2 Å². The summed E-state index contributed by atoms with van der Waals surface area (Å²) in [6.07, 6.45) is 0.281.